The van der Waals surface area contributed by atoms with Gasteiger partial charge in [-0.1, -0.05) is 11.5 Å². The zero-order valence-corrected chi connectivity index (χ0v) is 3.31. The van der Waals surface area contributed by atoms with E-state index in [0.717, 1.165) is 5.46 Å². The van der Waals surface area contributed by atoms with Crippen molar-refractivity contribution in [3.05, 3.63) is 18.5 Å². The molecule has 2 radical (unpaired) electrons. The second kappa shape index (κ2) is 1.21. The van der Waals surface area contributed by atoms with Crippen molar-refractivity contribution < 1.29 is 0 Å². The maximum atomic E-state index is 5.25. The van der Waals surface area contributed by atoms with Gasteiger partial charge in [-0.15, -0.1) is 0 Å². The minimum absolute atomic E-state index is 0.787. The number of H-pyrrole nitrogens is 1. The zero-order valence-electron chi connectivity index (χ0n) is 3.31. The van der Waals surface area contributed by atoms with Crippen LogP contribution in [0.25, 0.3) is 0 Å². The third kappa shape index (κ3) is 0.457. The topological polar surface area (TPSA) is 15.8 Å². The first-order valence-electron chi connectivity index (χ1n) is 1.78. The van der Waals surface area contributed by atoms with Crippen molar-refractivity contribution in [2.75, 3.05) is 0 Å². The lowest BCUT2D eigenvalue weighted by molar-refractivity contribution is 1.42. The van der Waals surface area contributed by atoms with Crippen molar-refractivity contribution in [3.8, 4) is 0 Å². The molecule has 0 saturated heterocycles. The van der Waals surface area contributed by atoms with Crippen molar-refractivity contribution in [1.29, 1.82) is 0 Å². The monoisotopic (exact) mass is 77.0 g/mol. The van der Waals surface area contributed by atoms with E-state index in [9.17, 15) is 0 Å². The van der Waals surface area contributed by atoms with Gasteiger partial charge >= 0.3 is 0 Å². The average Bonchev–Trinajstić information content (AvgIpc) is 1.86. The summed E-state index contributed by atoms with van der Waals surface area (Å²) in [5, 5.41) is 0. The number of hydrogen-bond acceptors (Lipinski definition) is 0. The summed E-state index contributed by atoms with van der Waals surface area (Å²) in [6.45, 7) is 0. The van der Waals surface area contributed by atoms with E-state index < -0.39 is 0 Å². The fourth-order valence-corrected chi connectivity index (χ4v) is 0.337. The summed E-state index contributed by atoms with van der Waals surface area (Å²) in [5.41, 5.74) is 0.787. The molecule has 0 saturated carbocycles. The van der Waals surface area contributed by atoms with Gasteiger partial charge in [0.1, 0.15) is 7.85 Å². The van der Waals surface area contributed by atoms with E-state index in [1.807, 2.05) is 0 Å². The molecular weight excluding hydrogens is 72.9 g/mol. The molecule has 1 N–H and O–H groups in total. The molecular formula is C4H4BN. The van der Waals surface area contributed by atoms with Crippen LogP contribution in [-0.2, 0) is 0 Å². The van der Waals surface area contributed by atoms with Crippen LogP contribution >= 0.6 is 0 Å². The molecule has 1 aromatic heterocycles. The Kier molecular flexibility index (Phi) is 0.711. The van der Waals surface area contributed by atoms with Gasteiger partial charge in [-0.05, 0) is 12.4 Å². The van der Waals surface area contributed by atoms with Crippen LogP contribution in [0.5, 0.6) is 0 Å². The van der Waals surface area contributed by atoms with E-state index in [-0.39, 0.29) is 0 Å². The minimum atomic E-state index is 0.787. The highest BCUT2D eigenvalue weighted by Gasteiger charge is 1.72. The molecule has 0 bridgehead atoms. The predicted molar refractivity (Wildman–Crippen MR) is 26.2 cm³/mol. The van der Waals surface area contributed by atoms with Gasteiger partial charge in [-0.25, -0.2) is 0 Å². The van der Waals surface area contributed by atoms with Crippen LogP contribution in [0.4, 0.5) is 0 Å². The first-order chi connectivity index (χ1) is 2.89. The highest BCUT2D eigenvalue weighted by Crippen LogP contribution is 1.67. The van der Waals surface area contributed by atoms with E-state index in [2.05, 4.69) is 4.98 Å². The lowest BCUT2D eigenvalue weighted by atomic mass is 10.0. The molecule has 1 rings (SSSR count). The SMILES string of the molecule is [B]c1cc[nH]c1. The Labute approximate surface area is 37.8 Å². The van der Waals surface area contributed by atoms with E-state index >= 15 is 0 Å². The second-order valence-electron chi connectivity index (χ2n) is 1.14. The fourth-order valence-electron chi connectivity index (χ4n) is 0.337. The maximum Gasteiger partial charge on any atom is 0.115 e. The molecule has 0 atom stereocenters. The molecule has 0 aliphatic carbocycles. The Bertz CT molecular complexity index is 111. The first kappa shape index (κ1) is 3.53. The average molecular weight is 76.9 g/mol. The summed E-state index contributed by atoms with van der Waals surface area (Å²) in [4.78, 5) is 2.80. The Hall–Kier alpha value is -0.655. The highest BCUT2D eigenvalue weighted by atomic mass is 14.6. The molecule has 0 aliphatic rings. The number of nitrogens with one attached hydrogen (secondary N) is 1. The molecule has 6 heavy (non-hydrogen) atoms. The lowest BCUT2D eigenvalue weighted by Gasteiger charge is -1.65. The second-order valence-corrected chi connectivity index (χ2v) is 1.14. The van der Waals surface area contributed by atoms with Gasteiger partial charge in [-0.2, -0.15) is 0 Å². The third-order valence-corrected chi connectivity index (χ3v) is 0.622. The summed E-state index contributed by atoms with van der Waals surface area (Å²) in [5.74, 6) is 0. The Morgan fingerprint density at radius 1 is 1.67 bits per heavy atom. The van der Waals surface area contributed by atoms with Crippen molar-refractivity contribution in [2.45, 2.75) is 0 Å². The lowest BCUT2D eigenvalue weighted by Crippen LogP contribution is -1.92. The van der Waals surface area contributed by atoms with Crippen LogP contribution in [0.1, 0.15) is 0 Å². The van der Waals surface area contributed by atoms with E-state index in [1.165, 1.54) is 0 Å². The summed E-state index contributed by atoms with van der Waals surface area (Å²) in [6, 6.07) is 1.81. The largest absolute Gasteiger partial charge is 0.368 e. The Morgan fingerprint density at radius 3 is 2.67 bits per heavy atom. The van der Waals surface area contributed by atoms with Crippen molar-refractivity contribution in [1.82, 2.24) is 4.98 Å². The molecule has 28 valence electrons. The first-order valence-corrected chi connectivity index (χ1v) is 1.78. The molecule has 1 heterocycles. The smallest absolute Gasteiger partial charge is 0.115 e. The molecule has 0 aliphatic heterocycles. The standard InChI is InChI=1S/C4H4BN/c5-4-1-2-6-3-4/h1-3,6H. The molecule has 2 heteroatoms. The number of aromatic nitrogens is 1. The third-order valence-electron chi connectivity index (χ3n) is 0.622. The molecule has 0 spiro atoms. The van der Waals surface area contributed by atoms with Crippen LogP contribution in [0, 0.1) is 0 Å². The van der Waals surface area contributed by atoms with Gasteiger partial charge in [0.15, 0.2) is 0 Å². The van der Waals surface area contributed by atoms with Crippen LogP contribution in [-0.4, -0.2) is 12.8 Å². The van der Waals surface area contributed by atoms with Gasteiger partial charge in [-0.3, -0.25) is 0 Å². The minimum Gasteiger partial charge on any atom is -0.368 e. The Balaban J connectivity index is 3.05. The summed E-state index contributed by atoms with van der Waals surface area (Å²) < 4.78 is 0. The normalized spacial score (nSPS) is 8.67. The van der Waals surface area contributed by atoms with Crippen molar-refractivity contribution in [3.63, 3.8) is 0 Å². The molecule has 1 nitrogen and oxygen atoms in total. The van der Waals surface area contributed by atoms with E-state index in [4.69, 9.17) is 7.85 Å². The van der Waals surface area contributed by atoms with E-state index in [1.54, 1.807) is 18.5 Å². The fraction of sp³-hybridized carbons (Fsp3) is 0. The van der Waals surface area contributed by atoms with Crippen molar-refractivity contribution >= 4 is 13.3 Å². The summed E-state index contributed by atoms with van der Waals surface area (Å²) in [6.07, 6.45) is 3.52. The van der Waals surface area contributed by atoms with Crippen LogP contribution < -0.4 is 5.46 Å². The summed E-state index contributed by atoms with van der Waals surface area (Å²) in [7, 11) is 5.25. The zero-order chi connectivity index (χ0) is 4.41. The molecule has 0 fully saturated rings. The number of rotatable bonds is 0. The highest BCUT2D eigenvalue weighted by molar-refractivity contribution is 6.32. The molecule has 0 aromatic carbocycles. The van der Waals surface area contributed by atoms with Gasteiger partial charge in [0.2, 0.25) is 0 Å². The van der Waals surface area contributed by atoms with Gasteiger partial charge < -0.3 is 4.98 Å². The number of hydrogen-bond donors (Lipinski definition) is 1. The molecule has 0 unspecified atom stereocenters. The van der Waals surface area contributed by atoms with E-state index in [0.29, 0.717) is 0 Å². The van der Waals surface area contributed by atoms with Crippen LogP contribution in [0.2, 0.25) is 0 Å². The molecule has 0 amide bonds. The van der Waals surface area contributed by atoms with Crippen LogP contribution in [0.3, 0.4) is 0 Å². The van der Waals surface area contributed by atoms with Gasteiger partial charge in [0.05, 0.1) is 0 Å². The molecule has 1 aromatic rings. The maximum absolute atomic E-state index is 5.25. The van der Waals surface area contributed by atoms with Crippen LogP contribution in [0.15, 0.2) is 18.5 Å². The van der Waals surface area contributed by atoms with Crippen molar-refractivity contribution in [2.24, 2.45) is 0 Å². The Morgan fingerprint density at radius 2 is 2.50 bits per heavy atom. The van der Waals surface area contributed by atoms with Gasteiger partial charge in [0.25, 0.3) is 0 Å². The predicted octanol–water partition coefficient (Wildman–Crippen LogP) is -0.192. The summed E-state index contributed by atoms with van der Waals surface area (Å²) >= 11 is 0. The quantitative estimate of drug-likeness (QED) is 0.413. The number of aromatic amines is 1. The van der Waals surface area contributed by atoms with Gasteiger partial charge in [0, 0.05) is 0 Å².